The monoisotopic (exact) mass is 469 g/mol. The molecule has 3 heterocycles. The summed E-state index contributed by atoms with van der Waals surface area (Å²) in [6.07, 6.45) is 1.80. The third-order valence-electron chi connectivity index (χ3n) is 5.48. The summed E-state index contributed by atoms with van der Waals surface area (Å²) >= 11 is 1.48. The summed E-state index contributed by atoms with van der Waals surface area (Å²) in [5.41, 5.74) is 5.18. The molecule has 0 saturated heterocycles. The van der Waals surface area contributed by atoms with Crippen molar-refractivity contribution in [1.29, 1.82) is 0 Å². The largest absolute Gasteiger partial charge is 0.495 e. The molecule has 7 nitrogen and oxygen atoms in total. The maximum atomic E-state index is 12.6. The molecule has 0 radical (unpaired) electrons. The normalized spacial score (nSPS) is 11.1. The number of rotatable bonds is 6. The average Bonchev–Trinajstić information content (AvgIpc) is 3.27. The second-order valence-corrected chi connectivity index (χ2v) is 8.93. The zero-order valence-corrected chi connectivity index (χ0v) is 19.9. The van der Waals surface area contributed by atoms with Crippen molar-refractivity contribution in [3.8, 4) is 22.8 Å². The zero-order chi connectivity index (χ0) is 23.7. The first-order valence-electron chi connectivity index (χ1n) is 10.8. The lowest BCUT2D eigenvalue weighted by Gasteiger charge is -2.14. The standard InChI is InChI=1S/C26H23N5O2S/c1-17-8-11-19(12-9-17)25-28-29-26(31(25)21-6-4-5-7-22(21)33-3)34-16-20-14-24(32)30-15-18(2)10-13-23(30)27-20/h4-15H,16H2,1-3H3. The van der Waals surface area contributed by atoms with Gasteiger partial charge >= 0.3 is 0 Å². The molecule has 34 heavy (non-hydrogen) atoms. The lowest BCUT2D eigenvalue weighted by atomic mass is 10.1. The number of hydrogen-bond acceptors (Lipinski definition) is 6. The predicted octanol–water partition coefficient (Wildman–Crippen LogP) is 4.86. The van der Waals surface area contributed by atoms with E-state index in [0.29, 0.717) is 28.1 Å². The highest BCUT2D eigenvalue weighted by molar-refractivity contribution is 7.98. The van der Waals surface area contributed by atoms with Gasteiger partial charge in [-0.25, -0.2) is 4.98 Å². The number of ether oxygens (including phenoxy) is 1. The average molecular weight is 470 g/mol. The van der Waals surface area contributed by atoms with Gasteiger partial charge in [-0.1, -0.05) is 59.8 Å². The highest BCUT2D eigenvalue weighted by Gasteiger charge is 2.19. The minimum Gasteiger partial charge on any atom is -0.495 e. The van der Waals surface area contributed by atoms with Crippen LogP contribution in [0.3, 0.4) is 0 Å². The fraction of sp³-hybridized carbons (Fsp3) is 0.154. The summed E-state index contributed by atoms with van der Waals surface area (Å²) in [5.74, 6) is 1.91. The molecule has 8 heteroatoms. The van der Waals surface area contributed by atoms with Gasteiger partial charge in [-0.2, -0.15) is 0 Å². The smallest absolute Gasteiger partial charge is 0.258 e. The number of para-hydroxylation sites is 2. The number of pyridine rings is 1. The summed E-state index contributed by atoms with van der Waals surface area (Å²) in [6.45, 7) is 4.00. The second-order valence-electron chi connectivity index (χ2n) is 7.99. The minimum atomic E-state index is -0.101. The molecule has 5 aromatic rings. The lowest BCUT2D eigenvalue weighted by Crippen LogP contribution is -2.15. The Morgan fingerprint density at radius 3 is 2.50 bits per heavy atom. The van der Waals surface area contributed by atoms with E-state index >= 15 is 0 Å². The molecule has 0 atom stereocenters. The van der Waals surface area contributed by atoms with E-state index in [1.54, 1.807) is 23.8 Å². The van der Waals surface area contributed by atoms with Gasteiger partial charge in [0.05, 0.1) is 18.5 Å². The van der Waals surface area contributed by atoms with Crippen LogP contribution in [-0.2, 0) is 5.75 Å². The number of benzene rings is 2. The Morgan fingerprint density at radius 2 is 1.71 bits per heavy atom. The van der Waals surface area contributed by atoms with E-state index in [4.69, 9.17) is 4.74 Å². The number of nitrogens with zero attached hydrogens (tertiary/aromatic N) is 5. The number of aryl methyl sites for hydroxylation is 2. The lowest BCUT2D eigenvalue weighted by molar-refractivity contribution is 0.412. The van der Waals surface area contributed by atoms with Crippen LogP contribution in [0, 0.1) is 13.8 Å². The molecule has 0 saturated carbocycles. The van der Waals surface area contributed by atoms with Crippen molar-refractivity contribution >= 4 is 17.4 Å². The summed E-state index contributed by atoms with van der Waals surface area (Å²) in [7, 11) is 1.65. The second kappa shape index (κ2) is 9.15. The Labute approximate surface area is 201 Å². The Balaban J connectivity index is 1.55. The van der Waals surface area contributed by atoms with Crippen LogP contribution in [0.1, 0.15) is 16.8 Å². The Kier molecular flexibility index (Phi) is 5.90. The minimum absolute atomic E-state index is 0.101. The first kappa shape index (κ1) is 21.9. The van der Waals surface area contributed by atoms with Gasteiger partial charge in [0.1, 0.15) is 11.4 Å². The quantitative estimate of drug-likeness (QED) is 0.331. The van der Waals surface area contributed by atoms with E-state index in [2.05, 4.69) is 34.2 Å². The molecule has 0 N–H and O–H groups in total. The molecule has 3 aromatic heterocycles. The van der Waals surface area contributed by atoms with Gasteiger partial charge in [-0.15, -0.1) is 10.2 Å². The van der Waals surface area contributed by atoms with Crippen molar-refractivity contribution in [2.24, 2.45) is 0 Å². The summed E-state index contributed by atoms with van der Waals surface area (Å²) in [4.78, 5) is 17.3. The first-order chi connectivity index (χ1) is 16.5. The topological polar surface area (TPSA) is 74.3 Å². The third-order valence-corrected chi connectivity index (χ3v) is 6.44. The molecular formula is C26H23N5O2S. The number of fused-ring (bicyclic) bond motifs is 1. The Hall–Kier alpha value is -3.91. The Morgan fingerprint density at radius 1 is 0.941 bits per heavy atom. The van der Waals surface area contributed by atoms with Crippen molar-refractivity contribution < 1.29 is 4.74 Å². The number of hydrogen-bond donors (Lipinski definition) is 0. The van der Waals surface area contributed by atoms with Crippen LogP contribution in [0.5, 0.6) is 5.75 Å². The molecule has 5 rings (SSSR count). The summed E-state index contributed by atoms with van der Waals surface area (Å²) in [5, 5.41) is 9.68. The molecule has 0 unspecified atom stereocenters. The van der Waals surface area contributed by atoms with Crippen LogP contribution >= 0.6 is 11.8 Å². The molecule has 0 aliphatic carbocycles. The fourth-order valence-corrected chi connectivity index (χ4v) is 4.59. The highest BCUT2D eigenvalue weighted by Crippen LogP contribution is 2.33. The van der Waals surface area contributed by atoms with Crippen molar-refractivity contribution in [2.45, 2.75) is 24.8 Å². The van der Waals surface area contributed by atoms with Gasteiger partial charge in [-0.3, -0.25) is 13.8 Å². The van der Waals surface area contributed by atoms with Crippen molar-refractivity contribution in [1.82, 2.24) is 24.1 Å². The molecule has 0 aliphatic heterocycles. The molecule has 2 aromatic carbocycles. The highest BCUT2D eigenvalue weighted by atomic mass is 32.2. The molecule has 0 amide bonds. The molecule has 0 fully saturated rings. The fourth-order valence-electron chi connectivity index (χ4n) is 3.76. The van der Waals surface area contributed by atoms with Crippen molar-refractivity contribution in [3.05, 3.63) is 100 Å². The van der Waals surface area contributed by atoms with Gasteiger partial charge in [0.2, 0.25) is 0 Å². The van der Waals surface area contributed by atoms with E-state index in [9.17, 15) is 4.79 Å². The van der Waals surface area contributed by atoms with Crippen LogP contribution in [0.4, 0.5) is 0 Å². The van der Waals surface area contributed by atoms with E-state index in [1.807, 2.05) is 60.0 Å². The van der Waals surface area contributed by atoms with E-state index in [-0.39, 0.29) is 5.56 Å². The van der Waals surface area contributed by atoms with Crippen LogP contribution < -0.4 is 10.3 Å². The van der Waals surface area contributed by atoms with Gasteiger partial charge in [0.25, 0.3) is 5.56 Å². The Bertz CT molecular complexity index is 1540. The van der Waals surface area contributed by atoms with Gasteiger partial charge < -0.3 is 4.74 Å². The van der Waals surface area contributed by atoms with Crippen LogP contribution in [0.15, 0.2) is 82.9 Å². The SMILES string of the molecule is COc1ccccc1-n1c(SCc2cc(=O)n3cc(C)ccc3n2)nnc1-c1ccc(C)cc1. The van der Waals surface area contributed by atoms with Crippen LogP contribution in [-0.4, -0.2) is 31.3 Å². The van der Waals surface area contributed by atoms with Crippen molar-refractivity contribution in [3.63, 3.8) is 0 Å². The van der Waals surface area contributed by atoms with E-state index in [1.165, 1.54) is 17.3 Å². The summed E-state index contributed by atoms with van der Waals surface area (Å²) in [6, 6.07) is 21.3. The zero-order valence-electron chi connectivity index (χ0n) is 19.1. The molecule has 0 spiro atoms. The van der Waals surface area contributed by atoms with Crippen LogP contribution in [0.2, 0.25) is 0 Å². The maximum Gasteiger partial charge on any atom is 0.258 e. The molecule has 0 bridgehead atoms. The van der Waals surface area contributed by atoms with Crippen molar-refractivity contribution in [2.75, 3.05) is 7.11 Å². The third kappa shape index (κ3) is 4.20. The number of thioether (sulfide) groups is 1. The van der Waals surface area contributed by atoms with E-state index in [0.717, 1.165) is 22.6 Å². The first-order valence-corrected chi connectivity index (χ1v) is 11.8. The molecule has 170 valence electrons. The van der Waals surface area contributed by atoms with E-state index < -0.39 is 0 Å². The van der Waals surface area contributed by atoms with Crippen LogP contribution in [0.25, 0.3) is 22.7 Å². The van der Waals surface area contributed by atoms with Gasteiger partial charge in [0, 0.05) is 23.6 Å². The molecular weight excluding hydrogens is 446 g/mol. The number of aromatic nitrogens is 5. The maximum absolute atomic E-state index is 12.6. The van der Waals surface area contributed by atoms with Gasteiger partial charge in [0.15, 0.2) is 11.0 Å². The summed E-state index contributed by atoms with van der Waals surface area (Å²) < 4.78 is 9.19. The predicted molar refractivity (Wildman–Crippen MR) is 134 cm³/mol. The molecule has 0 aliphatic rings. The van der Waals surface area contributed by atoms with Gasteiger partial charge in [-0.05, 0) is 37.6 Å². The number of methoxy groups -OCH3 is 1.